The lowest BCUT2D eigenvalue weighted by atomic mass is 10.0. The van der Waals surface area contributed by atoms with Crippen molar-refractivity contribution in [1.82, 2.24) is 0 Å². The molecule has 0 amide bonds. The summed E-state index contributed by atoms with van der Waals surface area (Å²) >= 11 is 0. The van der Waals surface area contributed by atoms with Crippen LogP contribution in [0.4, 0.5) is 0 Å². The van der Waals surface area contributed by atoms with Crippen molar-refractivity contribution in [3.8, 4) is 0 Å². The van der Waals surface area contributed by atoms with Gasteiger partial charge in [-0.15, -0.1) is 0 Å². The van der Waals surface area contributed by atoms with Crippen molar-refractivity contribution in [3.63, 3.8) is 0 Å². The van der Waals surface area contributed by atoms with Crippen LogP contribution in [-0.2, 0) is 0 Å². The van der Waals surface area contributed by atoms with E-state index in [4.69, 9.17) is 15.3 Å². The molecule has 0 fully saturated rings. The molecule has 0 aliphatic carbocycles. The maximum atomic E-state index is 10.8. The highest BCUT2D eigenvalue weighted by Gasteiger charge is 2.10. The predicted molar refractivity (Wildman–Crippen MR) is 61.1 cm³/mol. The van der Waals surface area contributed by atoms with Crippen LogP contribution in [0.2, 0.25) is 0 Å². The van der Waals surface area contributed by atoms with E-state index in [2.05, 4.69) is 0 Å². The second-order valence-electron chi connectivity index (χ2n) is 3.37. The quantitative estimate of drug-likeness (QED) is 0.719. The highest BCUT2D eigenvalue weighted by atomic mass is 16.4. The second-order valence-corrected chi connectivity index (χ2v) is 3.37. The molecule has 0 spiro atoms. The molecule has 17 heavy (non-hydrogen) atoms. The number of rotatable bonds is 5. The van der Waals surface area contributed by atoms with Gasteiger partial charge in [-0.3, -0.25) is 0 Å². The van der Waals surface area contributed by atoms with Gasteiger partial charge in [-0.25, -0.2) is 9.59 Å². The standard InChI is InChI=1S/C12H12O5/c13-4-2-1-3-8-5-9(11(14)15)7-10(6-8)12(16)17/h1,3,5-7,13H,2,4H2,(H,14,15)(H,16,17). The Morgan fingerprint density at radius 1 is 1.06 bits per heavy atom. The lowest BCUT2D eigenvalue weighted by molar-refractivity contribution is 0.0696. The highest BCUT2D eigenvalue weighted by Crippen LogP contribution is 2.12. The maximum Gasteiger partial charge on any atom is 0.335 e. The summed E-state index contributed by atoms with van der Waals surface area (Å²) in [5.74, 6) is -2.35. The Morgan fingerprint density at radius 3 is 2.00 bits per heavy atom. The summed E-state index contributed by atoms with van der Waals surface area (Å²) in [5, 5.41) is 26.3. The van der Waals surface area contributed by atoms with Crippen LogP contribution in [0.25, 0.3) is 6.08 Å². The van der Waals surface area contributed by atoms with E-state index in [9.17, 15) is 9.59 Å². The third-order valence-corrected chi connectivity index (χ3v) is 2.06. The van der Waals surface area contributed by atoms with E-state index in [0.717, 1.165) is 6.07 Å². The van der Waals surface area contributed by atoms with Crippen molar-refractivity contribution >= 4 is 18.0 Å². The van der Waals surface area contributed by atoms with Crippen molar-refractivity contribution in [2.24, 2.45) is 0 Å². The number of aliphatic hydroxyl groups is 1. The Kier molecular flexibility index (Phi) is 4.42. The summed E-state index contributed by atoms with van der Waals surface area (Å²) in [6.45, 7) is -0.0130. The van der Waals surface area contributed by atoms with Gasteiger partial charge in [0.2, 0.25) is 0 Å². The first-order valence-electron chi connectivity index (χ1n) is 4.93. The lowest BCUT2D eigenvalue weighted by Crippen LogP contribution is -2.02. The number of hydrogen-bond donors (Lipinski definition) is 3. The molecular formula is C12H12O5. The van der Waals surface area contributed by atoms with Crippen molar-refractivity contribution in [2.45, 2.75) is 6.42 Å². The van der Waals surface area contributed by atoms with Crippen molar-refractivity contribution in [2.75, 3.05) is 6.61 Å². The van der Waals surface area contributed by atoms with Gasteiger partial charge in [0, 0.05) is 6.61 Å². The molecule has 5 heteroatoms. The topological polar surface area (TPSA) is 94.8 Å². The molecule has 1 aromatic carbocycles. The second kappa shape index (κ2) is 5.81. The van der Waals surface area contributed by atoms with E-state index in [1.54, 1.807) is 12.2 Å². The van der Waals surface area contributed by atoms with E-state index in [0.29, 0.717) is 12.0 Å². The van der Waals surface area contributed by atoms with Crippen LogP contribution in [0.15, 0.2) is 24.3 Å². The SMILES string of the molecule is O=C(O)c1cc(C=CCCO)cc(C(=O)O)c1. The fraction of sp³-hybridized carbons (Fsp3) is 0.167. The van der Waals surface area contributed by atoms with Gasteiger partial charge in [0.15, 0.2) is 0 Å². The fourth-order valence-electron chi connectivity index (χ4n) is 1.29. The van der Waals surface area contributed by atoms with Crippen LogP contribution < -0.4 is 0 Å². The van der Waals surface area contributed by atoms with E-state index in [-0.39, 0.29) is 17.7 Å². The zero-order valence-corrected chi connectivity index (χ0v) is 8.96. The van der Waals surface area contributed by atoms with Crippen LogP contribution in [0.1, 0.15) is 32.7 Å². The molecular weight excluding hydrogens is 224 g/mol. The zero-order chi connectivity index (χ0) is 12.8. The minimum absolute atomic E-state index is 0.0130. The number of carboxylic acids is 2. The molecule has 0 radical (unpaired) electrons. The lowest BCUT2D eigenvalue weighted by Gasteiger charge is -2.01. The van der Waals surface area contributed by atoms with Crippen LogP contribution in [0.3, 0.4) is 0 Å². The molecule has 0 heterocycles. The van der Waals surface area contributed by atoms with Gasteiger partial charge in [-0.05, 0) is 30.2 Å². The summed E-state index contributed by atoms with van der Waals surface area (Å²) in [6.07, 6.45) is 3.65. The first kappa shape index (κ1) is 12.9. The van der Waals surface area contributed by atoms with Gasteiger partial charge < -0.3 is 15.3 Å². The Labute approximate surface area is 97.6 Å². The highest BCUT2D eigenvalue weighted by molar-refractivity contribution is 5.94. The third kappa shape index (κ3) is 3.73. The Morgan fingerprint density at radius 2 is 1.59 bits per heavy atom. The number of benzene rings is 1. The summed E-state index contributed by atoms with van der Waals surface area (Å²) < 4.78 is 0. The summed E-state index contributed by atoms with van der Waals surface area (Å²) in [4.78, 5) is 21.6. The molecule has 1 aromatic rings. The molecule has 0 saturated carbocycles. The van der Waals surface area contributed by atoms with Gasteiger partial charge in [0.1, 0.15) is 0 Å². The molecule has 0 bridgehead atoms. The van der Waals surface area contributed by atoms with Crippen LogP contribution in [0.5, 0.6) is 0 Å². The number of carboxylic acid groups (broad SMARTS) is 2. The Hall–Kier alpha value is -2.14. The third-order valence-electron chi connectivity index (χ3n) is 2.06. The molecule has 1 rings (SSSR count). The van der Waals surface area contributed by atoms with Gasteiger partial charge in [-0.2, -0.15) is 0 Å². The number of carbonyl (C=O) groups is 2. The van der Waals surface area contributed by atoms with Crippen molar-refractivity contribution in [1.29, 1.82) is 0 Å². The molecule has 5 nitrogen and oxygen atoms in total. The Bertz CT molecular complexity index is 430. The molecule has 3 N–H and O–H groups in total. The summed E-state index contributed by atoms with van der Waals surface area (Å²) in [5.41, 5.74) is 0.331. The molecule has 0 atom stereocenters. The van der Waals surface area contributed by atoms with Crippen molar-refractivity contribution in [3.05, 3.63) is 41.0 Å². The summed E-state index contributed by atoms with van der Waals surface area (Å²) in [7, 11) is 0. The van der Waals surface area contributed by atoms with E-state index in [1.807, 2.05) is 0 Å². The van der Waals surface area contributed by atoms with Crippen molar-refractivity contribution < 1.29 is 24.9 Å². The van der Waals surface area contributed by atoms with Gasteiger partial charge >= 0.3 is 11.9 Å². The first-order valence-corrected chi connectivity index (χ1v) is 4.93. The molecule has 90 valence electrons. The minimum atomic E-state index is -1.18. The smallest absolute Gasteiger partial charge is 0.335 e. The van der Waals surface area contributed by atoms with Crippen LogP contribution >= 0.6 is 0 Å². The first-order chi connectivity index (χ1) is 8.04. The maximum absolute atomic E-state index is 10.8. The summed E-state index contributed by atoms with van der Waals surface area (Å²) in [6, 6.07) is 3.86. The molecule has 0 unspecified atom stereocenters. The number of aromatic carboxylic acids is 2. The average Bonchev–Trinajstić information content (AvgIpc) is 2.29. The average molecular weight is 236 g/mol. The number of hydrogen-bond acceptors (Lipinski definition) is 3. The van der Waals surface area contributed by atoms with Gasteiger partial charge in [-0.1, -0.05) is 12.2 Å². The Balaban J connectivity index is 3.12. The van der Waals surface area contributed by atoms with E-state index in [1.165, 1.54) is 12.1 Å². The molecule has 0 aliphatic heterocycles. The van der Waals surface area contributed by atoms with Crippen LogP contribution in [0, 0.1) is 0 Å². The fourth-order valence-corrected chi connectivity index (χ4v) is 1.29. The molecule has 0 aliphatic rings. The minimum Gasteiger partial charge on any atom is -0.478 e. The monoisotopic (exact) mass is 236 g/mol. The predicted octanol–water partition coefficient (Wildman–Crippen LogP) is 1.48. The zero-order valence-electron chi connectivity index (χ0n) is 8.96. The normalized spacial score (nSPS) is 10.6. The van der Waals surface area contributed by atoms with Crippen LogP contribution in [-0.4, -0.2) is 33.9 Å². The van der Waals surface area contributed by atoms with E-state index >= 15 is 0 Å². The molecule has 0 aromatic heterocycles. The van der Waals surface area contributed by atoms with E-state index < -0.39 is 11.9 Å². The van der Waals surface area contributed by atoms with Gasteiger partial charge in [0.25, 0.3) is 0 Å². The molecule has 0 saturated heterocycles. The van der Waals surface area contributed by atoms with Gasteiger partial charge in [0.05, 0.1) is 11.1 Å². The number of aliphatic hydroxyl groups excluding tert-OH is 1. The largest absolute Gasteiger partial charge is 0.478 e.